The average Bonchev–Trinajstić information content (AvgIpc) is 3.53. The van der Waals surface area contributed by atoms with E-state index in [-0.39, 0.29) is 10.8 Å². The van der Waals surface area contributed by atoms with Crippen molar-refractivity contribution in [3.63, 3.8) is 0 Å². The lowest BCUT2D eigenvalue weighted by Gasteiger charge is -2.15. The summed E-state index contributed by atoms with van der Waals surface area (Å²) in [5.41, 5.74) is 1.97. The number of amides is 1. The van der Waals surface area contributed by atoms with E-state index in [2.05, 4.69) is 17.2 Å². The van der Waals surface area contributed by atoms with Gasteiger partial charge in [0, 0.05) is 29.6 Å². The fourth-order valence-electron chi connectivity index (χ4n) is 3.57. The molecule has 0 bridgehead atoms. The molecule has 2 heterocycles. The molecule has 0 spiro atoms. The lowest BCUT2D eigenvalue weighted by molar-refractivity contribution is 0.102. The normalized spacial score (nSPS) is 14.3. The number of anilines is 1. The van der Waals surface area contributed by atoms with Crippen LogP contribution in [-0.4, -0.2) is 43.3 Å². The summed E-state index contributed by atoms with van der Waals surface area (Å²) in [7, 11) is -3.44. The van der Waals surface area contributed by atoms with E-state index < -0.39 is 10.0 Å². The average molecular weight is 486 g/mol. The van der Waals surface area contributed by atoms with E-state index in [1.807, 2.05) is 11.4 Å². The number of thiazole rings is 1. The fraction of sp³-hybridized carbons (Fsp3) is 0.333. The molecule has 1 N–H and O–H groups in total. The summed E-state index contributed by atoms with van der Waals surface area (Å²) in [6.07, 6.45) is 3.81. The molecule has 3 aromatic rings. The first-order chi connectivity index (χ1) is 16.0. The number of sulfonamides is 1. The summed E-state index contributed by atoms with van der Waals surface area (Å²) in [5.74, 6) is 0.406. The van der Waals surface area contributed by atoms with Crippen molar-refractivity contribution in [1.29, 1.82) is 0 Å². The molecule has 0 atom stereocenters. The quantitative estimate of drug-likeness (QED) is 0.430. The first-order valence-corrected chi connectivity index (χ1v) is 13.4. The van der Waals surface area contributed by atoms with E-state index in [1.165, 1.54) is 15.6 Å². The summed E-state index contributed by atoms with van der Waals surface area (Å²) in [5, 5.41) is 5.14. The van der Waals surface area contributed by atoms with Crippen molar-refractivity contribution in [3.05, 3.63) is 59.5 Å². The molecule has 0 aliphatic carbocycles. The molecule has 1 saturated heterocycles. The molecule has 9 heteroatoms. The molecular formula is C24H27N3O4S2. The molecule has 0 unspecified atom stereocenters. The van der Waals surface area contributed by atoms with Gasteiger partial charge in [0.2, 0.25) is 10.0 Å². The molecule has 1 aliphatic heterocycles. The largest absolute Gasteiger partial charge is 0.494 e. The molecule has 0 radical (unpaired) electrons. The van der Waals surface area contributed by atoms with Crippen molar-refractivity contribution in [2.45, 2.75) is 37.5 Å². The number of hydrogen-bond acceptors (Lipinski definition) is 6. The number of ether oxygens (including phenoxy) is 1. The number of hydrogen-bond donors (Lipinski definition) is 1. The molecule has 7 nitrogen and oxygen atoms in total. The third kappa shape index (κ3) is 5.61. The van der Waals surface area contributed by atoms with Gasteiger partial charge in [0.15, 0.2) is 5.13 Å². The van der Waals surface area contributed by atoms with Crippen molar-refractivity contribution in [2.75, 3.05) is 25.0 Å². The Labute approximate surface area is 198 Å². The van der Waals surface area contributed by atoms with Crippen LogP contribution >= 0.6 is 11.3 Å². The standard InChI is InChI=1S/C24H27N3O4S2/c1-2-3-15-31-20-8-6-7-19(16-20)23(28)26-24-25-22(17-32-24)18-9-11-21(12-10-18)33(29,30)27-13-4-5-14-27/h6-12,16-17H,2-5,13-15H2,1H3,(H,25,26,28). The van der Waals surface area contributed by atoms with Crippen LogP contribution in [0.1, 0.15) is 43.0 Å². The molecular weight excluding hydrogens is 458 g/mol. The van der Waals surface area contributed by atoms with Crippen LogP contribution in [0.15, 0.2) is 58.8 Å². The Kier molecular flexibility index (Phi) is 7.42. The summed E-state index contributed by atoms with van der Waals surface area (Å²) >= 11 is 1.32. The smallest absolute Gasteiger partial charge is 0.257 e. The van der Waals surface area contributed by atoms with E-state index in [9.17, 15) is 13.2 Å². The second-order valence-corrected chi connectivity index (χ2v) is 10.7. The maximum Gasteiger partial charge on any atom is 0.257 e. The monoisotopic (exact) mass is 485 g/mol. The molecule has 2 aromatic carbocycles. The van der Waals surface area contributed by atoms with Gasteiger partial charge in [0.1, 0.15) is 5.75 Å². The highest BCUT2D eigenvalue weighted by atomic mass is 32.2. The number of aromatic nitrogens is 1. The van der Waals surface area contributed by atoms with Gasteiger partial charge in [-0.05, 0) is 49.6 Å². The number of benzene rings is 2. The maximum absolute atomic E-state index is 12.7. The first-order valence-electron chi connectivity index (χ1n) is 11.1. The molecule has 174 valence electrons. The zero-order valence-electron chi connectivity index (χ0n) is 18.5. The minimum absolute atomic E-state index is 0.260. The summed E-state index contributed by atoms with van der Waals surface area (Å²) < 4.78 is 32.6. The minimum atomic E-state index is -3.44. The highest BCUT2D eigenvalue weighted by Gasteiger charge is 2.27. The third-order valence-electron chi connectivity index (χ3n) is 5.44. The number of carbonyl (C=O) groups is 1. The van der Waals surface area contributed by atoms with Crippen LogP contribution in [0.4, 0.5) is 5.13 Å². The van der Waals surface area contributed by atoms with E-state index in [0.717, 1.165) is 31.2 Å². The number of rotatable bonds is 9. The van der Waals surface area contributed by atoms with Gasteiger partial charge in [-0.2, -0.15) is 4.31 Å². The van der Waals surface area contributed by atoms with Gasteiger partial charge in [-0.3, -0.25) is 10.1 Å². The second-order valence-electron chi connectivity index (χ2n) is 7.86. The van der Waals surface area contributed by atoms with Crippen LogP contribution in [0.5, 0.6) is 5.75 Å². The molecule has 1 aromatic heterocycles. The summed E-state index contributed by atoms with van der Waals surface area (Å²) in [6.45, 7) is 3.87. The Morgan fingerprint density at radius 3 is 2.64 bits per heavy atom. The van der Waals surface area contributed by atoms with Gasteiger partial charge in [0.25, 0.3) is 5.91 Å². The topological polar surface area (TPSA) is 88.6 Å². The lowest BCUT2D eigenvalue weighted by Crippen LogP contribution is -2.27. The molecule has 1 aliphatic rings. The van der Waals surface area contributed by atoms with Gasteiger partial charge in [-0.25, -0.2) is 13.4 Å². The van der Waals surface area contributed by atoms with Crippen molar-refractivity contribution in [1.82, 2.24) is 9.29 Å². The highest BCUT2D eigenvalue weighted by Crippen LogP contribution is 2.28. The number of nitrogens with zero attached hydrogens (tertiary/aromatic N) is 2. The van der Waals surface area contributed by atoms with Crippen LogP contribution in [0.2, 0.25) is 0 Å². The van der Waals surface area contributed by atoms with Crippen molar-refractivity contribution >= 4 is 32.4 Å². The van der Waals surface area contributed by atoms with Gasteiger partial charge in [0.05, 0.1) is 17.2 Å². The highest BCUT2D eigenvalue weighted by molar-refractivity contribution is 7.89. The first kappa shape index (κ1) is 23.4. The molecule has 4 rings (SSSR count). The molecule has 1 fully saturated rings. The Morgan fingerprint density at radius 2 is 1.91 bits per heavy atom. The Bertz CT molecular complexity index is 1200. The van der Waals surface area contributed by atoms with Crippen LogP contribution < -0.4 is 10.1 Å². The molecule has 1 amide bonds. The van der Waals surface area contributed by atoms with Crippen molar-refractivity contribution in [2.24, 2.45) is 0 Å². The van der Waals surface area contributed by atoms with Crippen LogP contribution in [-0.2, 0) is 10.0 Å². The van der Waals surface area contributed by atoms with Crippen molar-refractivity contribution < 1.29 is 17.9 Å². The zero-order valence-corrected chi connectivity index (χ0v) is 20.1. The maximum atomic E-state index is 12.7. The minimum Gasteiger partial charge on any atom is -0.494 e. The van der Waals surface area contributed by atoms with Crippen molar-refractivity contribution in [3.8, 4) is 17.0 Å². The predicted octanol–water partition coefficient (Wildman–Crippen LogP) is 5.03. The predicted molar refractivity (Wildman–Crippen MR) is 130 cm³/mol. The Hall–Kier alpha value is -2.75. The number of nitrogens with one attached hydrogen (secondary N) is 1. The van der Waals surface area contributed by atoms with Crippen LogP contribution in [0.3, 0.4) is 0 Å². The molecule has 0 saturated carbocycles. The Morgan fingerprint density at radius 1 is 1.15 bits per heavy atom. The van der Waals surface area contributed by atoms with Gasteiger partial charge < -0.3 is 4.74 Å². The number of carbonyl (C=O) groups excluding carboxylic acids is 1. The van der Waals surface area contributed by atoms with E-state index in [0.29, 0.717) is 41.8 Å². The summed E-state index contributed by atoms with van der Waals surface area (Å²) in [4.78, 5) is 17.4. The van der Waals surface area contributed by atoms with Gasteiger partial charge in [-0.15, -0.1) is 11.3 Å². The Balaban J connectivity index is 1.42. The third-order valence-corrected chi connectivity index (χ3v) is 8.11. The SMILES string of the molecule is CCCCOc1cccc(C(=O)Nc2nc(-c3ccc(S(=O)(=O)N4CCCC4)cc3)cs2)c1. The van der Waals surface area contributed by atoms with Crippen LogP contribution in [0.25, 0.3) is 11.3 Å². The van der Waals surface area contributed by atoms with Crippen LogP contribution in [0, 0.1) is 0 Å². The van der Waals surface area contributed by atoms with Gasteiger partial charge in [-0.1, -0.05) is 31.5 Å². The van der Waals surface area contributed by atoms with E-state index in [1.54, 1.807) is 42.5 Å². The van der Waals surface area contributed by atoms with Gasteiger partial charge >= 0.3 is 0 Å². The second kappa shape index (κ2) is 10.5. The lowest BCUT2D eigenvalue weighted by atomic mass is 10.2. The zero-order chi connectivity index (χ0) is 23.3. The number of unbranched alkanes of at least 4 members (excludes halogenated alkanes) is 1. The molecule has 33 heavy (non-hydrogen) atoms. The van der Waals surface area contributed by atoms with E-state index in [4.69, 9.17) is 4.74 Å². The van der Waals surface area contributed by atoms with E-state index >= 15 is 0 Å². The summed E-state index contributed by atoms with van der Waals surface area (Å²) in [6, 6.07) is 13.8. The fourth-order valence-corrected chi connectivity index (χ4v) is 5.80.